The molecule has 128 valence electrons. The number of esters is 1. The molecule has 2 rings (SSSR count). The molecule has 0 amide bonds. The van der Waals surface area contributed by atoms with Gasteiger partial charge in [0, 0.05) is 12.7 Å². The van der Waals surface area contributed by atoms with Gasteiger partial charge in [-0.15, -0.1) is 0 Å². The summed E-state index contributed by atoms with van der Waals surface area (Å²) in [5.41, 5.74) is 1.04. The van der Waals surface area contributed by atoms with Crippen molar-refractivity contribution < 1.29 is 9.53 Å². The van der Waals surface area contributed by atoms with Crippen LogP contribution in [0.4, 0.5) is 17.5 Å². The smallest absolute Gasteiger partial charge is 0.339 e. The number of anilines is 3. The zero-order valence-corrected chi connectivity index (χ0v) is 14.2. The van der Waals surface area contributed by atoms with Crippen LogP contribution in [0.5, 0.6) is 0 Å². The summed E-state index contributed by atoms with van der Waals surface area (Å²) < 4.78 is 4.79. The van der Waals surface area contributed by atoms with Gasteiger partial charge < -0.3 is 20.3 Å². The maximum Gasteiger partial charge on any atom is 0.339 e. The van der Waals surface area contributed by atoms with Crippen molar-refractivity contribution in [2.45, 2.75) is 6.42 Å². The average molecular weight is 329 g/mol. The lowest BCUT2D eigenvalue weighted by molar-refractivity contribution is 0.0602. The molecule has 1 heterocycles. The normalized spacial score (nSPS) is 10.5. The van der Waals surface area contributed by atoms with Crippen LogP contribution in [0.15, 0.2) is 36.5 Å². The number of carbonyl (C=O) groups is 1. The fourth-order valence-corrected chi connectivity index (χ4v) is 2.13. The van der Waals surface area contributed by atoms with Gasteiger partial charge in [0.05, 0.1) is 18.4 Å². The molecular formula is C17H23N5O2. The van der Waals surface area contributed by atoms with Gasteiger partial charge in [-0.3, -0.25) is 0 Å². The van der Waals surface area contributed by atoms with Crippen LogP contribution in [0, 0.1) is 0 Å². The zero-order valence-electron chi connectivity index (χ0n) is 14.2. The third kappa shape index (κ3) is 5.20. The van der Waals surface area contributed by atoms with E-state index in [0.29, 0.717) is 17.2 Å². The number of hydrogen-bond acceptors (Lipinski definition) is 7. The second kappa shape index (κ2) is 8.83. The maximum absolute atomic E-state index is 11.8. The molecule has 24 heavy (non-hydrogen) atoms. The van der Waals surface area contributed by atoms with Crippen LogP contribution < -0.4 is 10.6 Å². The quantitative estimate of drug-likeness (QED) is 0.568. The second-order valence-electron chi connectivity index (χ2n) is 5.51. The van der Waals surface area contributed by atoms with Crippen molar-refractivity contribution in [2.75, 3.05) is 44.9 Å². The molecule has 0 bridgehead atoms. The Hall–Kier alpha value is -2.67. The third-order valence-electron chi connectivity index (χ3n) is 3.32. The lowest BCUT2D eigenvalue weighted by atomic mass is 10.2. The van der Waals surface area contributed by atoms with Gasteiger partial charge in [-0.1, -0.05) is 12.1 Å². The predicted molar refractivity (Wildman–Crippen MR) is 94.8 cm³/mol. The minimum absolute atomic E-state index is 0.406. The van der Waals surface area contributed by atoms with Crippen molar-refractivity contribution in [3.63, 3.8) is 0 Å². The minimum atomic E-state index is -0.406. The van der Waals surface area contributed by atoms with E-state index in [1.165, 1.54) is 7.11 Å². The van der Waals surface area contributed by atoms with Gasteiger partial charge in [0.1, 0.15) is 5.82 Å². The number of benzene rings is 1. The summed E-state index contributed by atoms with van der Waals surface area (Å²) >= 11 is 0. The highest BCUT2D eigenvalue weighted by Crippen LogP contribution is 2.20. The molecule has 1 aromatic heterocycles. The van der Waals surface area contributed by atoms with E-state index in [1.54, 1.807) is 24.4 Å². The summed E-state index contributed by atoms with van der Waals surface area (Å²) in [6.45, 7) is 1.84. The van der Waals surface area contributed by atoms with E-state index in [2.05, 4.69) is 25.5 Å². The molecule has 0 aliphatic rings. The Kier molecular flexibility index (Phi) is 6.51. The van der Waals surface area contributed by atoms with Gasteiger partial charge in [-0.2, -0.15) is 4.98 Å². The SMILES string of the molecule is COC(=O)c1ccccc1Nc1nccc(NCCCN(C)C)n1. The Morgan fingerprint density at radius 3 is 2.79 bits per heavy atom. The minimum Gasteiger partial charge on any atom is -0.465 e. The molecule has 2 aromatic rings. The predicted octanol–water partition coefficient (Wildman–Crippen LogP) is 2.37. The Labute approximate surface area is 142 Å². The first-order chi connectivity index (χ1) is 11.6. The van der Waals surface area contributed by atoms with Gasteiger partial charge in [-0.05, 0) is 45.3 Å². The van der Waals surface area contributed by atoms with Gasteiger partial charge >= 0.3 is 5.97 Å². The second-order valence-corrected chi connectivity index (χ2v) is 5.51. The van der Waals surface area contributed by atoms with E-state index in [0.717, 1.165) is 25.3 Å². The Balaban J connectivity index is 2.03. The van der Waals surface area contributed by atoms with Gasteiger partial charge in [0.2, 0.25) is 5.95 Å². The highest BCUT2D eigenvalue weighted by atomic mass is 16.5. The summed E-state index contributed by atoms with van der Waals surface area (Å²) in [7, 11) is 5.45. The Morgan fingerprint density at radius 1 is 1.25 bits per heavy atom. The summed E-state index contributed by atoms with van der Waals surface area (Å²) in [6, 6.07) is 8.90. The molecule has 1 aromatic carbocycles. The van der Waals surface area contributed by atoms with Crippen LogP contribution in [0.2, 0.25) is 0 Å². The van der Waals surface area contributed by atoms with Crippen LogP contribution in [0.25, 0.3) is 0 Å². The third-order valence-corrected chi connectivity index (χ3v) is 3.32. The van der Waals surface area contributed by atoms with E-state index < -0.39 is 5.97 Å². The first-order valence-electron chi connectivity index (χ1n) is 7.76. The highest BCUT2D eigenvalue weighted by molar-refractivity contribution is 5.96. The van der Waals surface area contributed by atoms with Crippen molar-refractivity contribution in [1.82, 2.24) is 14.9 Å². The number of aromatic nitrogens is 2. The number of methoxy groups -OCH3 is 1. The van der Waals surface area contributed by atoms with E-state index in [-0.39, 0.29) is 0 Å². The summed E-state index contributed by atoms with van der Waals surface area (Å²) in [6.07, 6.45) is 2.69. The molecule has 0 aliphatic carbocycles. The van der Waals surface area contributed by atoms with E-state index in [4.69, 9.17) is 4.74 Å². The summed E-state index contributed by atoms with van der Waals surface area (Å²) in [5.74, 6) is 0.752. The lowest BCUT2D eigenvalue weighted by Crippen LogP contribution is -2.16. The molecule has 0 spiro atoms. The highest BCUT2D eigenvalue weighted by Gasteiger charge is 2.12. The lowest BCUT2D eigenvalue weighted by Gasteiger charge is -2.12. The fourth-order valence-electron chi connectivity index (χ4n) is 2.13. The Bertz CT molecular complexity index is 676. The van der Waals surface area contributed by atoms with Crippen molar-refractivity contribution in [2.24, 2.45) is 0 Å². The fraction of sp³-hybridized carbons (Fsp3) is 0.353. The van der Waals surface area contributed by atoms with Crippen LogP contribution in [0.1, 0.15) is 16.8 Å². The van der Waals surface area contributed by atoms with Crippen molar-refractivity contribution in [3.8, 4) is 0 Å². The van der Waals surface area contributed by atoms with Gasteiger partial charge in [-0.25, -0.2) is 9.78 Å². The summed E-state index contributed by atoms with van der Waals surface area (Å²) in [5, 5.41) is 6.33. The van der Waals surface area contributed by atoms with Gasteiger partial charge in [0.25, 0.3) is 0 Å². The maximum atomic E-state index is 11.8. The number of nitrogens with one attached hydrogen (secondary N) is 2. The molecule has 0 unspecified atom stereocenters. The molecule has 0 atom stereocenters. The largest absolute Gasteiger partial charge is 0.465 e. The molecule has 0 saturated heterocycles. The number of ether oxygens (including phenoxy) is 1. The van der Waals surface area contributed by atoms with E-state index in [9.17, 15) is 4.79 Å². The summed E-state index contributed by atoms with van der Waals surface area (Å²) in [4.78, 5) is 22.5. The number of rotatable bonds is 8. The van der Waals surface area contributed by atoms with Gasteiger partial charge in [0.15, 0.2) is 0 Å². The molecule has 7 nitrogen and oxygen atoms in total. The molecule has 2 N–H and O–H groups in total. The monoisotopic (exact) mass is 329 g/mol. The molecule has 0 aliphatic heterocycles. The number of hydrogen-bond donors (Lipinski definition) is 2. The number of carbonyl (C=O) groups excluding carboxylic acids is 1. The van der Waals surface area contributed by atoms with Crippen LogP contribution in [-0.4, -0.2) is 55.1 Å². The number of para-hydroxylation sites is 1. The van der Waals surface area contributed by atoms with Crippen molar-refractivity contribution >= 4 is 23.4 Å². The zero-order chi connectivity index (χ0) is 17.4. The molecule has 0 radical (unpaired) electrons. The van der Waals surface area contributed by atoms with Crippen molar-refractivity contribution in [3.05, 3.63) is 42.1 Å². The average Bonchev–Trinajstić information content (AvgIpc) is 2.59. The van der Waals surface area contributed by atoms with Crippen LogP contribution in [0.3, 0.4) is 0 Å². The topological polar surface area (TPSA) is 79.4 Å². The Morgan fingerprint density at radius 2 is 2.04 bits per heavy atom. The number of nitrogens with zero attached hydrogens (tertiary/aromatic N) is 3. The first kappa shape index (κ1) is 17.7. The van der Waals surface area contributed by atoms with E-state index >= 15 is 0 Å². The molecule has 7 heteroatoms. The molecular weight excluding hydrogens is 306 g/mol. The molecule has 0 saturated carbocycles. The standard InChI is InChI=1S/C17H23N5O2/c1-22(2)12-6-10-18-15-9-11-19-17(21-15)20-14-8-5-4-7-13(14)16(23)24-3/h4-5,7-9,11H,6,10,12H2,1-3H3,(H2,18,19,20,21). The molecule has 0 fully saturated rings. The van der Waals surface area contributed by atoms with Crippen LogP contribution in [-0.2, 0) is 4.74 Å². The van der Waals surface area contributed by atoms with Crippen LogP contribution >= 0.6 is 0 Å². The first-order valence-corrected chi connectivity index (χ1v) is 7.76. The van der Waals surface area contributed by atoms with Crippen molar-refractivity contribution in [1.29, 1.82) is 0 Å². The van der Waals surface area contributed by atoms with E-state index in [1.807, 2.05) is 26.2 Å².